The molecule has 1 heterocycles. The molecule has 4 rings (SSSR count). The van der Waals surface area contributed by atoms with Crippen molar-refractivity contribution in [2.45, 2.75) is 45.3 Å². The second-order valence-corrected chi connectivity index (χ2v) is 8.93. The lowest BCUT2D eigenvalue weighted by molar-refractivity contribution is 0.00695. The maximum atomic E-state index is 12.4. The maximum absolute atomic E-state index is 12.4. The summed E-state index contributed by atoms with van der Waals surface area (Å²) in [5.41, 5.74) is 2.37. The number of hydrogen-bond acceptors (Lipinski definition) is 4. The number of fused-ring (bicyclic) bond motifs is 1. The summed E-state index contributed by atoms with van der Waals surface area (Å²) in [5.74, 6) is -0.284. The van der Waals surface area contributed by atoms with Crippen molar-refractivity contribution >= 4 is 28.1 Å². The smallest absolute Gasteiger partial charge is 0.338 e. The predicted octanol–water partition coefficient (Wildman–Crippen LogP) is 5.69. The minimum absolute atomic E-state index is 0.284. The lowest BCUT2D eigenvalue weighted by Gasteiger charge is -2.36. The fourth-order valence-corrected chi connectivity index (χ4v) is 4.06. The van der Waals surface area contributed by atoms with E-state index < -0.39 is 5.60 Å². The van der Waals surface area contributed by atoms with Crippen LogP contribution in [0.4, 0.5) is 11.4 Å². The van der Waals surface area contributed by atoms with Crippen molar-refractivity contribution < 1.29 is 9.53 Å². The number of benzene rings is 3. The van der Waals surface area contributed by atoms with Gasteiger partial charge >= 0.3 is 5.97 Å². The zero-order valence-electron chi connectivity index (χ0n) is 18.0. The third-order valence-electron chi connectivity index (χ3n) is 5.47. The van der Waals surface area contributed by atoms with Crippen LogP contribution < -0.4 is 10.2 Å². The number of piperidine rings is 1. The van der Waals surface area contributed by atoms with Gasteiger partial charge in [0, 0.05) is 17.4 Å². The molecule has 0 radical (unpaired) electrons. The molecule has 4 heteroatoms. The van der Waals surface area contributed by atoms with Crippen LogP contribution in [-0.2, 0) is 4.74 Å². The molecular formula is C26H30N2O2. The Morgan fingerprint density at radius 3 is 2.20 bits per heavy atom. The van der Waals surface area contributed by atoms with E-state index >= 15 is 0 Å². The first kappa shape index (κ1) is 20.4. The summed E-state index contributed by atoms with van der Waals surface area (Å²) in [6, 6.07) is 23.3. The van der Waals surface area contributed by atoms with Crippen LogP contribution in [0.15, 0.2) is 66.7 Å². The molecule has 0 atom stereocenters. The Morgan fingerprint density at radius 1 is 0.900 bits per heavy atom. The van der Waals surface area contributed by atoms with Gasteiger partial charge in [-0.25, -0.2) is 4.79 Å². The SMILES string of the molecule is CC(C)(C)OC(=O)c1ccc(N(c2ccc3ccccc3c2)C2CCNCC2)cc1. The summed E-state index contributed by atoms with van der Waals surface area (Å²) in [4.78, 5) is 14.8. The van der Waals surface area contributed by atoms with Crippen molar-refractivity contribution in [1.82, 2.24) is 5.32 Å². The zero-order chi connectivity index (χ0) is 21.1. The summed E-state index contributed by atoms with van der Waals surface area (Å²) in [6.07, 6.45) is 2.17. The standard InChI is InChI=1S/C26H30N2O2/c1-26(2,3)30-25(29)20-9-11-22(12-10-20)28(23-14-16-27-17-15-23)24-13-8-19-6-4-5-7-21(19)18-24/h4-13,18,23,27H,14-17H2,1-3H3. The Kier molecular flexibility index (Phi) is 5.78. The molecule has 0 spiro atoms. The summed E-state index contributed by atoms with van der Waals surface area (Å²) in [7, 11) is 0. The summed E-state index contributed by atoms with van der Waals surface area (Å²) in [5, 5.41) is 5.94. The molecule has 3 aromatic carbocycles. The normalized spacial score (nSPS) is 15.2. The summed E-state index contributed by atoms with van der Waals surface area (Å²) < 4.78 is 5.51. The van der Waals surface area contributed by atoms with Gasteiger partial charge in [0.1, 0.15) is 5.60 Å². The van der Waals surface area contributed by atoms with Crippen molar-refractivity contribution in [3.63, 3.8) is 0 Å². The Balaban J connectivity index is 1.68. The van der Waals surface area contributed by atoms with Gasteiger partial charge in [0.2, 0.25) is 0 Å². The molecule has 4 nitrogen and oxygen atoms in total. The molecule has 0 amide bonds. The number of rotatable bonds is 4. The lowest BCUT2D eigenvalue weighted by atomic mass is 10.0. The van der Waals surface area contributed by atoms with Gasteiger partial charge < -0.3 is 15.0 Å². The topological polar surface area (TPSA) is 41.6 Å². The highest BCUT2D eigenvalue weighted by Crippen LogP contribution is 2.33. The minimum atomic E-state index is -0.498. The molecule has 0 aliphatic carbocycles. The molecule has 0 bridgehead atoms. The summed E-state index contributed by atoms with van der Waals surface area (Å²) >= 11 is 0. The van der Waals surface area contributed by atoms with Crippen LogP contribution in [-0.4, -0.2) is 30.7 Å². The van der Waals surface area contributed by atoms with Gasteiger partial charge in [-0.1, -0.05) is 30.3 Å². The molecule has 0 saturated carbocycles. The Labute approximate surface area is 178 Å². The number of anilines is 2. The fraction of sp³-hybridized carbons (Fsp3) is 0.346. The molecule has 3 aromatic rings. The maximum Gasteiger partial charge on any atom is 0.338 e. The molecular weight excluding hydrogens is 372 g/mol. The van der Waals surface area contributed by atoms with Gasteiger partial charge in [-0.15, -0.1) is 0 Å². The molecule has 1 fully saturated rings. The number of hydrogen-bond donors (Lipinski definition) is 1. The van der Waals surface area contributed by atoms with Crippen molar-refractivity contribution in [2.75, 3.05) is 18.0 Å². The van der Waals surface area contributed by atoms with Crippen LogP contribution in [0.3, 0.4) is 0 Å². The number of nitrogens with one attached hydrogen (secondary N) is 1. The van der Waals surface area contributed by atoms with E-state index in [1.165, 1.54) is 16.5 Å². The van der Waals surface area contributed by atoms with Crippen LogP contribution in [0, 0.1) is 0 Å². The minimum Gasteiger partial charge on any atom is -0.456 e. The Bertz CT molecular complexity index is 1020. The van der Waals surface area contributed by atoms with Gasteiger partial charge in [0.05, 0.1) is 5.56 Å². The molecule has 1 N–H and O–H groups in total. The average Bonchev–Trinajstić information content (AvgIpc) is 2.74. The first-order valence-electron chi connectivity index (χ1n) is 10.7. The molecule has 1 aliphatic heterocycles. The van der Waals surface area contributed by atoms with E-state index in [4.69, 9.17) is 4.74 Å². The van der Waals surface area contributed by atoms with E-state index in [2.05, 4.69) is 52.7 Å². The molecule has 0 aromatic heterocycles. The number of esters is 1. The van der Waals surface area contributed by atoms with E-state index in [1.807, 2.05) is 45.0 Å². The van der Waals surface area contributed by atoms with Gasteiger partial charge in [-0.05, 0) is 93.9 Å². The fourth-order valence-electron chi connectivity index (χ4n) is 4.06. The van der Waals surface area contributed by atoms with Crippen LogP contribution in [0.2, 0.25) is 0 Å². The van der Waals surface area contributed by atoms with Crippen LogP contribution in [0.5, 0.6) is 0 Å². The summed E-state index contributed by atoms with van der Waals surface area (Å²) in [6.45, 7) is 7.70. The monoisotopic (exact) mass is 402 g/mol. The van der Waals surface area contributed by atoms with Crippen LogP contribution in [0.25, 0.3) is 10.8 Å². The molecule has 1 aliphatic rings. The number of ether oxygens (including phenoxy) is 1. The highest BCUT2D eigenvalue weighted by Gasteiger charge is 2.24. The molecule has 0 unspecified atom stereocenters. The van der Waals surface area contributed by atoms with Gasteiger partial charge in [-0.2, -0.15) is 0 Å². The molecule has 1 saturated heterocycles. The average molecular weight is 403 g/mol. The van der Waals surface area contributed by atoms with Crippen molar-refractivity contribution in [3.8, 4) is 0 Å². The first-order chi connectivity index (χ1) is 14.4. The highest BCUT2D eigenvalue weighted by molar-refractivity contribution is 5.91. The predicted molar refractivity (Wildman–Crippen MR) is 124 cm³/mol. The third kappa shape index (κ3) is 4.65. The zero-order valence-corrected chi connectivity index (χ0v) is 18.0. The van der Waals surface area contributed by atoms with E-state index in [0.29, 0.717) is 11.6 Å². The number of nitrogens with zero attached hydrogens (tertiary/aromatic N) is 1. The second kappa shape index (κ2) is 8.49. The highest BCUT2D eigenvalue weighted by atomic mass is 16.6. The quantitative estimate of drug-likeness (QED) is 0.570. The molecule has 156 valence electrons. The third-order valence-corrected chi connectivity index (χ3v) is 5.47. The van der Waals surface area contributed by atoms with Crippen LogP contribution in [0.1, 0.15) is 44.0 Å². The van der Waals surface area contributed by atoms with E-state index in [9.17, 15) is 4.79 Å². The Morgan fingerprint density at radius 2 is 1.53 bits per heavy atom. The van der Waals surface area contributed by atoms with Crippen molar-refractivity contribution in [1.29, 1.82) is 0 Å². The largest absolute Gasteiger partial charge is 0.456 e. The number of carbonyl (C=O) groups excluding carboxylic acids is 1. The van der Waals surface area contributed by atoms with Crippen molar-refractivity contribution in [3.05, 3.63) is 72.3 Å². The van der Waals surface area contributed by atoms with E-state index in [-0.39, 0.29) is 5.97 Å². The first-order valence-corrected chi connectivity index (χ1v) is 10.7. The Hall–Kier alpha value is -2.85. The molecule has 30 heavy (non-hydrogen) atoms. The second-order valence-electron chi connectivity index (χ2n) is 8.93. The van der Waals surface area contributed by atoms with Crippen molar-refractivity contribution in [2.24, 2.45) is 0 Å². The number of carbonyl (C=O) groups is 1. The lowest BCUT2D eigenvalue weighted by Crippen LogP contribution is -2.40. The van der Waals surface area contributed by atoms with E-state index in [1.54, 1.807) is 0 Å². The van der Waals surface area contributed by atoms with Gasteiger partial charge in [0.25, 0.3) is 0 Å². The van der Waals surface area contributed by atoms with Crippen LogP contribution >= 0.6 is 0 Å². The van der Waals surface area contributed by atoms with Gasteiger partial charge in [-0.3, -0.25) is 0 Å². The van der Waals surface area contributed by atoms with E-state index in [0.717, 1.165) is 31.6 Å². The van der Waals surface area contributed by atoms with Gasteiger partial charge in [0.15, 0.2) is 0 Å².